The van der Waals surface area contributed by atoms with Gasteiger partial charge in [-0.2, -0.15) is 0 Å². The van der Waals surface area contributed by atoms with Crippen LogP contribution in [0.2, 0.25) is 5.02 Å². The molecule has 5 rings (SSSR count). The van der Waals surface area contributed by atoms with E-state index < -0.39 is 65.6 Å². The number of rotatable bonds is 15. The van der Waals surface area contributed by atoms with Crippen molar-refractivity contribution < 1.29 is 33.8 Å². The maximum atomic E-state index is 14.9. The van der Waals surface area contributed by atoms with Crippen molar-refractivity contribution in [3.63, 3.8) is 0 Å². The van der Waals surface area contributed by atoms with E-state index in [0.29, 0.717) is 42.0 Å². The second kappa shape index (κ2) is 15.3. The molecule has 3 aliphatic rings. The van der Waals surface area contributed by atoms with Gasteiger partial charge in [-0.3, -0.25) is 19.2 Å². The lowest BCUT2D eigenvalue weighted by molar-refractivity contribution is -0.162. The minimum atomic E-state index is -1.33. The van der Waals surface area contributed by atoms with Gasteiger partial charge in [0.05, 0.1) is 47.3 Å². The highest BCUT2D eigenvalue weighted by Crippen LogP contribution is 2.59. The Bertz CT molecular complexity index is 1560. The van der Waals surface area contributed by atoms with E-state index in [-0.39, 0.29) is 25.5 Å². The van der Waals surface area contributed by atoms with Crippen LogP contribution in [-0.2, 0) is 28.7 Å². The van der Waals surface area contributed by atoms with E-state index in [1.54, 1.807) is 31.2 Å². The highest BCUT2D eigenvalue weighted by molar-refractivity contribution is 6.34. The number of hydrogen-bond acceptors (Lipinski definition) is 7. The summed E-state index contributed by atoms with van der Waals surface area (Å²) in [5, 5.41) is 13.8. The molecule has 2 aromatic carbocycles. The quantitative estimate of drug-likeness (QED) is 0.197. The summed E-state index contributed by atoms with van der Waals surface area (Å²) < 4.78 is 12.9. The Balaban J connectivity index is 1.52. The van der Waals surface area contributed by atoms with Crippen LogP contribution in [0.15, 0.2) is 73.8 Å². The van der Waals surface area contributed by atoms with Gasteiger partial charge < -0.3 is 29.7 Å². The molecule has 3 aliphatic heterocycles. The zero-order valence-corrected chi connectivity index (χ0v) is 29.1. The topological polar surface area (TPSA) is 125 Å². The van der Waals surface area contributed by atoms with Crippen LogP contribution in [0.1, 0.15) is 63.2 Å². The van der Waals surface area contributed by atoms with E-state index in [9.17, 15) is 24.3 Å². The van der Waals surface area contributed by atoms with Crippen LogP contribution in [0.4, 0.5) is 5.69 Å². The zero-order chi connectivity index (χ0) is 35.5. The van der Waals surface area contributed by atoms with Crippen molar-refractivity contribution in [1.29, 1.82) is 0 Å². The lowest BCUT2D eigenvalue weighted by Crippen LogP contribution is -2.59. The molecule has 0 radical (unpaired) electrons. The summed E-state index contributed by atoms with van der Waals surface area (Å²) in [7, 11) is 0. The lowest BCUT2D eigenvalue weighted by atomic mass is 9.70. The van der Waals surface area contributed by atoms with Gasteiger partial charge in [0, 0.05) is 13.0 Å². The molecule has 0 saturated carbocycles. The van der Waals surface area contributed by atoms with Gasteiger partial charge in [0.15, 0.2) is 0 Å². The first-order valence-electron chi connectivity index (χ1n) is 17.0. The summed E-state index contributed by atoms with van der Waals surface area (Å²) in [6.07, 6.45) is 3.67. The van der Waals surface area contributed by atoms with Crippen LogP contribution in [0.5, 0.6) is 0 Å². The Morgan fingerprint density at radius 3 is 2.55 bits per heavy atom. The van der Waals surface area contributed by atoms with Crippen molar-refractivity contribution in [1.82, 2.24) is 10.2 Å². The molecule has 0 aliphatic carbocycles. The van der Waals surface area contributed by atoms with Crippen LogP contribution in [0.3, 0.4) is 0 Å². The Morgan fingerprint density at radius 2 is 1.92 bits per heavy atom. The van der Waals surface area contributed by atoms with E-state index >= 15 is 0 Å². The highest BCUT2D eigenvalue weighted by Gasteiger charge is 2.75. The Morgan fingerprint density at radius 1 is 1.18 bits per heavy atom. The van der Waals surface area contributed by atoms with Crippen molar-refractivity contribution in [3.05, 3.63) is 90.0 Å². The number of benzene rings is 2. The van der Waals surface area contributed by atoms with Crippen LogP contribution in [0.25, 0.3) is 0 Å². The van der Waals surface area contributed by atoms with Crippen molar-refractivity contribution in [3.8, 4) is 0 Å². The number of nitrogens with one attached hydrogen (secondary N) is 1. The van der Waals surface area contributed by atoms with E-state index in [0.717, 1.165) is 5.56 Å². The van der Waals surface area contributed by atoms with E-state index in [4.69, 9.17) is 21.1 Å². The molecule has 0 aromatic heterocycles. The van der Waals surface area contributed by atoms with Gasteiger partial charge >= 0.3 is 5.97 Å². The maximum absolute atomic E-state index is 14.9. The number of nitrogens with zero attached hydrogens (tertiary/aromatic N) is 2. The van der Waals surface area contributed by atoms with Crippen molar-refractivity contribution >= 4 is 41.0 Å². The molecule has 49 heavy (non-hydrogen) atoms. The summed E-state index contributed by atoms with van der Waals surface area (Å²) >= 11 is 6.65. The van der Waals surface area contributed by atoms with Crippen LogP contribution < -0.4 is 10.2 Å². The fourth-order valence-corrected chi connectivity index (χ4v) is 8.24. The SMILES string of the molecule is C=CCCC(=O)N[C@H](C)[C@@H](OC(=O)[C@@H]1[C@@H]2CC[C@]3(O2)[C@H](C(=O)N(CC=C)c2c(C)cccc2Cl)N([C@@H](CC)CO)C(=O)[C@@H]13)c1ccccc1. The predicted molar refractivity (Wildman–Crippen MR) is 187 cm³/mol. The van der Waals surface area contributed by atoms with Crippen LogP contribution in [-0.4, -0.2) is 76.7 Å². The number of esters is 1. The monoisotopic (exact) mass is 691 g/mol. The first kappa shape index (κ1) is 36.3. The number of halogens is 1. The number of carbonyl (C=O) groups excluding carboxylic acids is 4. The number of carbonyl (C=O) groups is 4. The van der Waals surface area contributed by atoms with Gasteiger partial charge in [-0.1, -0.05) is 73.1 Å². The molecule has 11 heteroatoms. The molecule has 8 atom stereocenters. The molecular formula is C38H46ClN3O7. The maximum Gasteiger partial charge on any atom is 0.313 e. The molecule has 2 aromatic rings. The summed E-state index contributed by atoms with van der Waals surface area (Å²) in [6.45, 7) is 12.7. The third-order valence-electron chi connectivity index (χ3n) is 10.1. The van der Waals surface area contributed by atoms with Crippen molar-refractivity contribution in [2.45, 2.75) is 88.8 Å². The molecule has 1 spiro atoms. The number of para-hydroxylation sites is 1. The summed E-state index contributed by atoms with van der Waals surface area (Å²) in [6, 6.07) is 12.1. The molecule has 0 unspecified atom stereocenters. The molecule has 3 amide bonds. The minimum Gasteiger partial charge on any atom is -0.455 e. The molecular weight excluding hydrogens is 646 g/mol. The zero-order valence-electron chi connectivity index (χ0n) is 28.3. The summed E-state index contributed by atoms with van der Waals surface area (Å²) in [4.78, 5) is 59.4. The fourth-order valence-electron chi connectivity index (χ4n) is 7.92. The van der Waals surface area contributed by atoms with E-state index in [1.165, 1.54) is 9.80 Å². The Labute approximate surface area is 293 Å². The number of aliphatic hydroxyl groups excluding tert-OH is 1. The van der Waals surface area contributed by atoms with Crippen molar-refractivity contribution in [2.24, 2.45) is 11.8 Å². The van der Waals surface area contributed by atoms with Crippen LogP contribution >= 0.6 is 11.6 Å². The smallest absolute Gasteiger partial charge is 0.313 e. The molecule has 10 nitrogen and oxygen atoms in total. The molecule has 262 valence electrons. The third-order valence-corrected chi connectivity index (χ3v) is 10.5. The van der Waals surface area contributed by atoms with Gasteiger partial charge in [-0.25, -0.2) is 0 Å². The summed E-state index contributed by atoms with van der Waals surface area (Å²) in [5.41, 5.74) is 0.612. The molecule has 2 N–H and O–H groups in total. The summed E-state index contributed by atoms with van der Waals surface area (Å²) in [5.74, 6) is -3.71. The Kier molecular flexibility index (Phi) is 11.3. The Hall–Kier alpha value is -3.99. The number of aryl methyl sites for hydroxylation is 1. The molecule has 3 saturated heterocycles. The van der Waals surface area contributed by atoms with E-state index in [1.807, 2.05) is 50.2 Å². The average Bonchev–Trinajstić information content (AvgIpc) is 3.74. The lowest BCUT2D eigenvalue weighted by Gasteiger charge is -2.39. The third kappa shape index (κ3) is 6.66. The molecule has 2 bridgehead atoms. The first-order chi connectivity index (χ1) is 23.5. The van der Waals surface area contributed by atoms with Gasteiger partial charge in [-0.15, -0.1) is 13.2 Å². The number of ether oxygens (including phenoxy) is 2. The number of hydrogen-bond donors (Lipinski definition) is 2. The van der Waals surface area contributed by atoms with Gasteiger partial charge in [0.25, 0.3) is 5.91 Å². The number of aliphatic hydroxyl groups is 1. The van der Waals surface area contributed by atoms with Crippen molar-refractivity contribution in [2.75, 3.05) is 18.1 Å². The fraction of sp³-hybridized carbons (Fsp3) is 0.474. The second-order valence-corrected chi connectivity index (χ2v) is 13.5. The standard InChI is InChI=1S/C38H46ClN3O7/c1-6-9-18-29(44)40-24(5)33(25-15-11-10-12-16-25)48-37(47)30-28-19-20-38(49-28)31(30)35(45)42(26(8-3)22-43)34(38)36(46)41(21-7-2)32-23(4)14-13-17-27(32)39/h6-7,10-17,24,26,28,30-31,33-34,43H,1-2,8-9,18-22H2,3-5H3,(H,40,44)/t24-,26+,28+,30-,31-,33-,34+,38-/m1/s1. The van der Waals surface area contributed by atoms with E-state index in [2.05, 4.69) is 18.5 Å². The van der Waals surface area contributed by atoms with Gasteiger partial charge in [-0.05, 0) is 56.7 Å². The average molecular weight is 692 g/mol. The number of anilines is 1. The highest BCUT2D eigenvalue weighted by atomic mass is 35.5. The number of amides is 3. The largest absolute Gasteiger partial charge is 0.455 e. The predicted octanol–water partition coefficient (Wildman–Crippen LogP) is 5.07. The van der Waals surface area contributed by atoms with Gasteiger partial charge in [0.2, 0.25) is 11.8 Å². The minimum absolute atomic E-state index is 0.114. The number of likely N-dealkylation sites (tertiary alicyclic amines) is 1. The van der Waals surface area contributed by atoms with Crippen LogP contribution in [0, 0.1) is 18.8 Å². The second-order valence-electron chi connectivity index (χ2n) is 13.1. The number of fused-ring (bicyclic) bond motifs is 1. The normalized spacial score (nSPS) is 25.7. The first-order valence-corrected chi connectivity index (χ1v) is 17.4. The molecule has 3 fully saturated rings. The van der Waals surface area contributed by atoms with Gasteiger partial charge in [0.1, 0.15) is 17.7 Å². The number of allylic oxidation sites excluding steroid dienone is 1. The molecule has 3 heterocycles.